The Kier molecular flexibility index (Phi) is 5.15. The van der Waals surface area contributed by atoms with E-state index in [2.05, 4.69) is 5.32 Å². The van der Waals surface area contributed by atoms with Crippen LogP contribution in [-0.4, -0.2) is 23.0 Å². The maximum absolute atomic E-state index is 12.0. The zero-order chi connectivity index (χ0) is 14.6. The van der Waals surface area contributed by atoms with Gasteiger partial charge in [0, 0.05) is 18.4 Å². The number of carbonyl (C=O) groups is 2. The monoisotopic (exact) mass is 267 g/mol. The molecule has 1 aromatic rings. The number of nitrogens with one attached hydrogen (secondary N) is 1. The van der Waals surface area contributed by atoms with Crippen molar-refractivity contribution in [2.24, 2.45) is 0 Å². The zero-order valence-electron chi connectivity index (χ0n) is 11.8. The SMILES string of the molecule is Cc1oc(C(C)C)cc1C(=O)NC(C)CCC(=O)O. The van der Waals surface area contributed by atoms with Gasteiger partial charge in [-0.25, -0.2) is 0 Å². The topological polar surface area (TPSA) is 79.5 Å². The Morgan fingerprint density at radius 3 is 2.47 bits per heavy atom. The minimum absolute atomic E-state index is 0.0447. The molecule has 0 aromatic carbocycles. The van der Waals surface area contributed by atoms with Crippen LogP contribution in [0.1, 0.15) is 61.4 Å². The van der Waals surface area contributed by atoms with Crippen molar-refractivity contribution in [3.8, 4) is 0 Å². The molecule has 1 atom stereocenters. The molecule has 1 heterocycles. The average molecular weight is 267 g/mol. The van der Waals surface area contributed by atoms with Gasteiger partial charge in [0.25, 0.3) is 5.91 Å². The predicted molar refractivity (Wildman–Crippen MR) is 71.3 cm³/mol. The molecule has 0 fully saturated rings. The second-order valence-electron chi connectivity index (χ2n) is 5.08. The predicted octanol–water partition coefficient (Wildman–Crippen LogP) is 2.69. The highest BCUT2D eigenvalue weighted by molar-refractivity contribution is 5.95. The van der Waals surface area contributed by atoms with Gasteiger partial charge >= 0.3 is 5.97 Å². The first-order valence-corrected chi connectivity index (χ1v) is 6.44. The van der Waals surface area contributed by atoms with Gasteiger partial charge in [-0.1, -0.05) is 13.8 Å². The summed E-state index contributed by atoms with van der Waals surface area (Å²) < 4.78 is 5.52. The lowest BCUT2D eigenvalue weighted by atomic mass is 10.1. The fraction of sp³-hybridized carbons (Fsp3) is 0.571. The number of carbonyl (C=O) groups excluding carboxylic acids is 1. The molecule has 2 N–H and O–H groups in total. The molecular formula is C14H21NO4. The van der Waals surface area contributed by atoms with Crippen LogP contribution in [0.3, 0.4) is 0 Å². The Labute approximate surface area is 113 Å². The fourth-order valence-corrected chi connectivity index (χ4v) is 1.73. The molecule has 0 aliphatic carbocycles. The van der Waals surface area contributed by atoms with Gasteiger partial charge < -0.3 is 14.8 Å². The highest BCUT2D eigenvalue weighted by Crippen LogP contribution is 2.21. The largest absolute Gasteiger partial charge is 0.481 e. The summed E-state index contributed by atoms with van der Waals surface area (Å²) in [5, 5.41) is 11.4. The molecule has 0 bridgehead atoms. The quantitative estimate of drug-likeness (QED) is 0.830. The third-order valence-electron chi connectivity index (χ3n) is 2.92. The molecule has 5 nitrogen and oxygen atoms in total. The third kappa shape index (κ3) is 4.43. The van der Waals surface area contributed by atoms with Crippen molar-refractivity contribution in [1.29, 1.82) is 0 Å². The first-order valence-electron chi connectivity index (χ1n) is 6.44. The van der Waals surface area contributed by atoms with Gasteiger partial charge in [-0.3, -0.25) is 9.59 Å². The Morgan fingerprint density at radius 1 is 1.37 bits per heavy atom. The maximum Gasteiger partial charge on any atom is 0.303 e. The van der Waals surface area contributed by atoms with Gasteiger partial charge in [0.1, 0.15) is 11.5 Å². The summed E-state index contributed by atoms with van der Waals surface area (Å²) in [4.78, 5) is 22.5. The molecular weight excluding hydrogens is 246 g/mol. The molecule has 5 heteroatoms. The van der Waals surface area contributed by atoms with E-state index in [9.17, 15) is 9.59 Å². The van der Waals surface area contributed by atoms with Gasteiger partial charge in [0.2, 0.25) is 0 Å². The number of aliphatic carboxylic acids is 1. The summed E-state index contributed by atoms with van der Waals surface area (Å²) in [6, 6.07) is 1.57. The molecule has 1 aromatic heterocycles. The summed E-state index contributed by atoms with van der Waals surface area (Å²) in [6.45, 7) is 7.53. The first kappa shape index (κ1) is 15.3. The Morgan fingerprint density at radius 2 is 2.00 bits per heavy atom. The molecule has 0 saturated heterocycles. The number of rotatable bonds is 6. The Balaban J connectivity index is 2.65. The van der Waals surface area contributed by atoms with Crippen LogP contribution in [0.5, 0.6) is 0 Å². The van der Waals surface area contributed by atoms with Gasteiger partial charge in [0.05, 0.1) is 5.56 Å². The smallest absolute Gasteiger partial charge is 0.303 e. The normalized spacial score (nSPS) is 12.5. The lowest BCUT2D eigenvalue weighted by Crippen LogP contribution is -2.33. The maximum atomic E-state index is 12.0. The second-order valence-corrected chi connectivity index (χ2v) is 5.08. The van der Waals surface area contributed by atoms with Crippen LogP contribution in [0.2, 0.25) is 0 Å². The third-order valence-corrected chi connectivity index (χ3v) is 2.92. The number of carboxylic acid groups (broad SMARTS) is 1. The van der Waals surface area contributed by atoms with Crippen molar-refractivity contribution in [3.63, 3.8) is 0 Å². The van der Waals surface area contributed by atoms with Crippen molar-refractivity contribution in [1.82, 2.24) is 5.32 Å². The molecule has 0 saturated carbocycles. The second kappa shape index (κ2) is 6.41. The van der Waals surface area contributed by atoms with Crippen LogP contribution < -0.4 is 5.32 Å². The molecule has 0 aliphatic heterocycles. The van der Waals surface area contributed by atoms with Crippen LogP contribution >= 0.6 is 0 Å². The summed E-state index contributed by atoms with van der Waals surface area (Å²) >= 11 is 0. The van der Waals surface area contributed by atoms with Crippen molar-refractivity contribution >= 4 is 11.9 Å². The molecule has 0 spiro atoms. The van der Waals surface area contributed by atoms with Crippen molar-refractivity contribution < 1.29 is 19.1 Å². The van der Waals surface area contributed by atoms with Crippen LogP contribution in [0, 0.1) is 6.92 Å². The van der Waals surface area contributed by atoms with E-state index in [1.165, 1.54) is 0 Å². The van der Waals surface area contributed by atoms with E-state index in [0.29, 0.717) is 17.7 Å². The Bertz CT molecular complexity index is 462. The number of furan rings is 1. The zero-order valence-corrected chi connectivity index (χ0v) is 11.8. The van der Waals surface area contributed by atoms with Crippen LogP contribution in [0.15, 0.2) is 10.5 Å². The summed E-state index contributed by atoms with van der Waals surface area (Å²) in [5.74, 6) is 0.519. The number of amides is 1. The minimum atomic E-state index is -0.859. The van der Waals surface area contributed by atoms with Crippen LogP contribution in [0.4, 0.5) is 0 Å². The van der Waals surface area contributed by atoms with E-state index < -0.39 is 5.97 Å². The summed E-state index contributed by atoms with van der Waals surface area (Å²) in [6.07, 6.45) is 0.456. The van der Waals surface area contributed by atoms with E-state index in [1.807, 2.05) is 13.8 Å². The lowest BCUT2D eigenvalue weighted by molar-refractivity contribution is -0.137. The van der Waals surface area contributed by atoms with E-state index >= 15 is 0 Å². The number of aryl methyl sites for hydroxylation is 1. The van der Waals surface area contributed by atoms with E-state index in [4.69, 9.17) is 9.52 Å². The molecule has 1 rings (SSSR count). The molecule has 19 heavy (non-hydrogen) atoms. The molecule has 0 aliphatic rings. The van der Waals surface area contributed by atoms with Gasteiger partial charge in [0.15, 0.2) is 0 Å². The fourth-order valence-electron chi connectivity index (χ4n) is 1.73. The van der Waals surface area contributed by atoms with E-state index in [-0.39, 0.29) is 24.3 Å². The standard InChI is InChI=1S/C14H21NO4/c1-8(2)12-7-11(10(4)19-12)14(18)15-9(3)5-6-13(16)17/h7-9H,5-6H2,1-4H3,(H,15,18)(H,16,17). The highest BCUT2D eigenvalue weighted by Gasteiger charge is 2.18. The lowest BCUT2D eigenvalue weighted by Gasteiger charge is -2.11. The number of carboxylic acids is 1. The van der Waals surface area contributed by atoms with Crippen molar-refractivity contribution in [3.05, 3.63) is 23.2 Å². The minimum Gasteiger partial charge on any atom is -0.481 e. The highest BCUT2D eigenvalue weighted by atomic mass is 16.4. The number of hydrogen-bond acceptors (Lipinski definition) is 3. The first-order chi connectivity index (χ1) is 8.81. The van der Waals surface area contributed by atoms with Gasteiger partial charge in [-0.15, -0.1) is 0 Å². The molecule has 1 unspecified atom stereocenters. The summed E-state index contributed by atoms with van der Waals surface area (Å²) in [7, 11) is 0. The van der Waals surface area contributed by atoms with Crippen LogP contribution in [0.25, 0.3) is 0 Å². The summed E-state index contributed by atoms with van der Waals surface area (Å²) in [5.41, 5.74) is 0.519. The molecule has 1 amide bonds. The Hall–Kier alpha value is -1.78. The van der Waals surface area contributed by atoms with Crippen molar-refractivity contribution in [2.75, 3.05) is 0 Å². The van der Waals surface area contributed by atoms with Crippen LogP contribution in [-0.2, 0) is 4.79 Å². The number of hydrogen-bond donors (Lipinski definition) is 2. The van der Waals surface area contributed by atoms with E-state index in [0.717, 1.165) is 5.76 Å². The van der Waals surface area contributed by atoms with E-state index in [1.54, 1.807) is 19.9 Å². The molecule has 106 valence electrons. The van der Waals surface area contributed by atoms with Gasteiger partial charge in [-0.05, 0) is 26.3 Å². The molecule has 0 radical (unpaired) electrons. The average Bonchev–Trinajstić information content (AvgIpc) is 2.69. The van der Waals surface area contributed by atoms with Gasteiger partial charge in [-0.2, -0.15) is 0 Å². The van der Waals surface area contributed by atoms with Crippen molar-refractivity contribution in [2.45, 2.75) is 52.5 Å².